The third kappa shape index (κ3) is 4.48. The van der Waals surface area contributed by atoms with Crippen molar-refractivity contribution >= 4 is 12.1 Å². The highest BCUT2D eigenvalue weighted by molar-refractivity contribution is 5.88. The van der Waals surface area contributed by atoms with E-state index in [1.54, 1.807) is 17.0 Å². The van der Waals surface area contributed by atoms with Gasteiger partial charge in [-0.2, -0.15) is 0 Å². The molecular weight excluding hydrogens is 298 g/mol. The van der Waals surface area contributed by atoms with E-state index >= 15 is 0 Å². The van der Waals surface area contributed by atoms with Gasteiger partial charge < -0.3 is 19.5 Å². The minimum atomic E-state index is -1.00. The highest BCUT2D eigenvalue weighted by Crippen LogP contribution is 2.25. The Hall–Kier alpha value is -2.50. The number of amides is 1. The van der Waals surface area contributed by atoms with E-state index in [0.717, 1.165) is 6.42 Å². The standard InChI is InChI=1S/C17H21NO5/c1-3-7-22-17(21)18-10-12(2)8-14(18)11-23-15-6-4-5-13(9-15)16(19)20/h3-6,9,12,14H,1,7-8,10-11H2,2H3,(H,19,20)/t12-,14-/m0/s1. The summed E-state index contributed by atoms with van der Waals surface area (Å²) in [7, 11) is 0. The second-order valence-corrected chi connectivity index (χ2v) is 5.66. The number of carboxylic acids is 1. The molecule has 0 saturated carbocycles. The van der Waals surface area contributed by atoms with Crippen LogP contribution in [0.5, 0.6) is 5.75 Å². The molecule has 0 aromatic heterocycles. The van der Waals surface area contributed by atoms with Gasteiger partial charge in [-0.15, -0.1) is 0 Å². The van der Waals surface area contributed by atoms with E-state index in [4.69, 9.17) is 14.6 Å². The molecule has 1 saturated heterocycles. The molecule has 6 nitrogen and oxygen atoms in total. The monoisotopic (exact) mass is 319 g/mol. The predicted octanol–water partition coefficient (Wildman–Crippen LogP) is 2.80. The molecule has 1 aliphatic heterocycles. The van der Waals surface area contributed by atoms with Crippen molar-refractivity contribution in [3.8, 4) is 5.75 Å². The topological polar surface area (TPSA) is 76.1 Å². The molecule has 1 amide bonds. The van der Waals surface area contributed by atoms with Crippen molar-refractivity contribution in [2.75, 3.05) is 19.8 Å². The highest BCUT2D eigenvalue weighted by Gasteiger charge is 2.34. The minimum absolute atomic E-state index is 0.0872. The first-order valence-electron chi connectivity index (χ1n) is 7.51. The molecule has 6 heteroatoms. The lowest BCUT2D eigenvalue weighted by atomic mass is 10.1. The third-order valence-electron chi connectivity index (χ3n) is 3.71. The van der Waals surface area contributed by atoms with Gasteiger partial charge in [0, 0.05) is 6.54 Å². The summed E-state index contributed by atoms with van der Waals surface area (Å²) in [6.07, 6.45) is 1.98. The zero-order chi connectivity index (χ0) is 16.8. The van der Waals surface area contributed by atoms with Crippen molar-refractivity contribution in [3.05, 3.63) is 42.5 Å². The average Bonchev–Trinajstić information content (AvgIpc) is 2.92. The zero-order valence-electron chi connectivity index (χ0n) is 13.1. The normalized spacial score (nSPS) is 20.1. The van der Waals surface area contributed by atoms with Gasteiger partial charge in [0.05, 0.1) is 11.6 Å². The van der Waals surface area contributed by atoms with Gasteiger partial charge in [0.25, 0.3) is 0 Å². The summed E-state index contributed by atoms with van der Waals surface area (Å²) in [6.45, 7) is 6.70. The molecule has 2 atom stereocenters. The summed E-state index contributed by atoms with van der Waals surface area (Å²) >= 11 is 0. The number of hydrogen-bond acceptors (Lipinski definition) is 4. The van der Waals surface area contributed by atoms with Crippen molar-refractivity contribution in [3.63, 3.8) is 0 Å². The Labute approximate surface area is 135 Å². The van der Waals surface area contributed by atoms with E-state index in [1.165, 1.54) is 18.2 Å². The molecule has 1 heterocycles. The lowest BCUT2D eigenvalue weighted by Gasteiger charge is -2.23. The van der Waals surface area contributed by atoms with Crippen molar-refractivity contribution in [1.82, 2.24) is 4.90 Å². The van der Waals surface area contributed by atoms with Crippen LogP contribution in [0, 0.1) is 5.92 Å². The number of carbonyl (C=O) groups excluding carboxylic acids is 1. The van der Waals surface area contributed by atoms with Crippen LogP contribution in [0.1, 0.15) is 23.7 Å². The Kier molecular flexibility index (Phi) is 5.62. The van der Waals surface area contributed by atoms with Crippen molar-refractivity contribution in [2.24, 2.45) is 5.92 Å². The Bertz CT molecular complexity index is 586. The van der Waals surface area contributed by atoms with Crippen molar-refractivity contribution in [2.45, 2.75) is 19.4 Å². The van der Waals surface area contributed by atoms with Crippen LogP contribution < -0.4 is 4.74 Å². The molecule has 0 spiro atoms. The largest absolute Gasteiger partial charge is 0.491 e. The Morgan fingerprint density at radius 2 is 2.26 bits per heavy atom. The van der Waals surface area contributed by atoms with Crippen LogP contribution in [0.3, 0.4) is 0 Å². The molecule has 0 aliphatic carbocycles. The Morgan fingerprint density at radius 1 is 1.48 bits per heavy atom. The predicted molar refractivity (Wildman–Crippen MR) is 84.7 cm³/mol. The first-order chi connectivity index (χ1) is 11.0. The minimum Gasteiger partial charge on any atom is -0.491 e. The number of aromatic carboxylic acids is 1. The molecular formula is C17H21NO5. The summed E-state index contributed by atoms with van der Waals surface area (Å²) < 4.78 is 10.8. The van der Waals surface area contributed by atoms with Gasteiger partial charge in [0.1, 0.15) is 19.0 Å². The molecule has 0 radical (unpaired) electrons. The average molecular weight is 319 g/mol. The third-order valence-corrected chi connectivity index (χ3v) is 3.71. The van der Waals surface area contributed by atoms with E-state index in [-0.39, 0.29) is 24.3 Å². The fraction of sp³-hybridized carbons (Fsp3) is 0.412. The molecule has 1 N–H and O–H groups in total. The summed E-state index contributed by atoms with van der Waals surface area (Å²) in [6, 6.07) is 6.22. The smallest absolute Gasteiger partial charge is 0.410 e. The van der Waals surface area contributed by atoms with Crippen LogP contribution >= 0.6 is 0 Å². The van der Waals surface area contributed by atoms with Gasteiger partial charge in [0.2, 0.25) is 0 Å². The van der Waals surface area contributed by atoms with E-state index < -0.39 is 5.97 Å². The SMILES string of the molecule is C=CCOC(=O)N1C[C@@H](C)C[C@H]1COc1cccc(C(=O)O)c1. The van der Waals surface area contributed by atoms with Crippen molar-refractivity contribution in [1.29, 1.82) is 0 Å². The zero-order valence-corrected chi connectivity index (χ0v) is 13.1. The van der Waals surface area contributed by atoms with Crippen LogP contribution in [0.15, 0.2) is 36.9 Å². The van der Waals surface area contributed by atoms with Crippen LogP contribution in [-0.2, 0) is 4.74 Å². The molecule has 1 aliphatic rings. The fourth-order valence-electron chi connectivity index (χ4n) is 2.66. The van der Waals surface area contributed by atoms with E-state index in [9.17, 15) is 9.59 Å². The van der Waals surface area contributed by atoms with Gasteiger partial charge in [-0.3, -0.25) is 0 Å². The van der Waals surface area contributed by atoms with E-state index in [1.807, 2.05) is 0 Å². The summed E-state index contributed by atoms with van der Waals surface area (Å²) in [5, 5.41) is 8.99. The lowest BCUT2D eigenvalue weighted by molar-refractivity contribution is 0.0696. The number of hydrogen-bond donors (Lipinski definition) is 1. The van der Waals surface area contributed by atoms with Crippen LogP contribution in [0.25, 0.3) is 0 Å². The maximum absolute atomic E-state index is 12.0. The number of rotatable bonds is 6. The molecule has 0 unspecified atom stereocenters. The van der Waals surface area contributed by atoms with Gasteiger partial charge in [-0.1, -0.05) is 25.6 Å². The first kappa shape index (κ1) is 16.9. The second kappa shape index (κ2) is 7.67. The van der Waals surface area contributed by atoms with E-state index in [0.29, 0.717) is 24.8 Å². The van der Waals surface area contributed by atoms with Gasteiger partial charge in [0.15, 0.2) is 0 Å². The Balaban J connectivity index is 1.97. The van der Waals surface area contributed by atoms with E-state index in [2.05, 4.69) is 13.5 Å². The maximum atomic E-state index is 12.0. The summed E-state index contributed by atoms with van der Waals surface area (Å²) in [5.74, 6) is -0.159. The first-order valence-corrected chi connectivity index (χ1v) is 7.51. The highest BCUT2D eigenvalue weighted by atomic mass is 16.6. The molecule has 124 valence electrons. The number of ether oxygens (including phenoxy) is 2. The number of carboxylic acid groups (broad SMARTS) is 1. The molecule has 1 aromatic rings. The maximum Gasteiger partial charge on any atom is 0.410 e. The number of likely N-dealkylation sites (tertiary alicyclic amines) is 1. The van der Waals surface area contributed by atoms with Gasteiger partial charge in [-0.05, 0) is 30.5 Å². The number of benzene rings is 1. The molecule has 23 heavy (non-hydrogen) atoms. The Morgan fingerprint density at radius 3 is 2.96 bits per heavy atom. The van der Waals surface area contributed by atoms with Crippen LogP contribution in [0.4, 0.5) is 4.79 Å². The fourth-order valence-corrected chi connectivity index (χ4v) is 2.66. The second-order valence-electron chi connectivity index (χ2n) is 5.66. The quantitative estimate of drug-likeness (QED) is 0.816. The lowest BCUT2D eigenvalue weighted by Crippen LogP contribution is -2.39. The van der Waals surface area contributed by atoms with Gasteiger partial charge >= 0.3 is 12.1 Å². The molecule has 2 rings (SSSR count). The van der Waals surface area contributed by atoms with Gasteiger partial charge in [-0.25, -0.2) is 9.59 Å². The van der Waals surface area contributed by atoms with Crippen LogP contribution in [-0.4, -0.2) is 47.9 Å². The van der Waals surface area contributed by atoms with Crippen molar-refractivity contribution < 1.29 is 24.2 Å². The number of nitrogens with zero attached hydrogens (tertiary/aromatic N) is 1. The molecule has 0 bridgehead atoms. The molecule has 1 aromatic carbocycles. The van der Waals surface area contributed by atoms with Crippen LogP contribution in [0.2, 0.25) is 0 Å². The molecule has 1 fully saturated rings. The number of carbonyl (C=O) groups is 2. The summed E-state index contributed by atoms with van der Waals surface area (Å²) in [4.78, 5) is 24.7. The summed E-state index contributed by atoms with van der Waals surface area (Å²) in [5.41, 5.74) is 0.171.